The third-order valence-electron chi connectivity index (χ3n) is 2.57. The van der Waals surface area contributed by atoms with Gasteiger partial charge in [-0.1, -0.05) is 6.92 Å². The molecule has 0 aromatic carbocycles. The van der Waals surface area contributed by atoms with Crippen LogP contribution in [-0.4, -0.2) is 44.6 Å². The van der Waals surface area contributed by atoms with Gasteiger partial charge in [-0.3, -0.25) is 0 Å². The van der Waals surface area contributed by atoms with Gasteiger partial charge in [-0.2, -0.15) is 12.7 Å². The van der Waals surface area contributed by atoms with E-state index in [-0.39, 0.29) is 12.5 Å². The van der Waals surface area contributed by atoms with Gasteiger partial charge in [0, 0.05) is 26.7 Å². The second-order valence-electron chi connectivity index (χ2n) is 3.92. The van der Waals surface area contributed by atoms with Crippen molar-refractivity contribution in [2.45, 2.75) is 13.3 Å². The van der Waals surface area contributed by atoms with E-state index in [4.69, 9.17) is 5.11 Å². The Labute approximate surface area is 85.3 Å². The van der Waals surface area contributed by atoms with E-state index in [0.29, 0.717) is 19.0 Å². The number of aliphatic hydroxyl groups is 1. The molecule has 1 heterocycles. The first-order valence-corrected chi connectivity index (χ1v) is 6.23. The van der Waals surface area contributed by atoms with Gasteiger partial charge in [0.15, 0.2) is 0 Å². The lowest BCUT2D eigenvalue weighted by Gasteiger charge is -2.34. The zero-order valence-corrected chi connectivity index (χ0v) is 9.42. The molecule has 2 N–H and O–H groups in total. The molecule has 1 saturated heterocycles. The van der Waals surface area contributed by atoms with Crippen LogP contribution in [0.2, 0.25) is 0 Å². The van der Waals surface area contributed by atoms with Crippen molar-refractivity contribution in [1.82, 2.24) is 9.03 Å². The highest BCUT2D eigenvalue weighted by Crippen LogP contribution is 2.22. The van der Waals surface area contributed by atoms with Crippen LogP contribution in [0.1, 0.15) is 13.3 Å². The molecule has 1 rings (SSSR count). The minimum atomic E-state index is -3.32. The molecule has 0 aromatic rings. The molecule has 2 atom stereocenters. The lowest BCUT2D eigenvalue weighted by molar-refractivity contribution is 0.136. The summed E-state index contributed by atoms with van der Waals surface area (Å²) in [5.41, 5.74) is 0. The topological polar surface area (TPSA) is 69.6 Å². The standard InChI is InChI=1S/C8H18N2O3S/c1-7-3-8(6-11)5-10(4-7)14(12,13)9-2/h7-9,11H,3-6H2,1-2H3. The molecule has 0 radical (unpaired) electrons. The zero-order valence-electron chi connectivity index (χ0n) is 8.60. The third kappa shape index (κ3) is 2.66. The van der Waals surface area contributed by atoms with E-state index < -0.39 is 10.2 Å². The van der Waals surface area contributed by atoms with E-state index in [9.17, 15) is 8.42 Å². The van der Waals surface area contributed by atoms with Crippen molar-refractivity contribution in [2.24, 2.45) is 11.8 Å². The molecule has 1 aliphatic heterocycles. The summed E-state index contributed by atoms with van der Waals surface area (Å²) < 4.78 is 26.7. The van der Waals surface area contributed by atoms with Crippen LogP contribution in [0, 0.1) is 11.8 Å². The Hall–Kier alpha value is -0.170. The number of hydrogen-bond donors (Lipinski definition) is 2. The minimum absolute atomic E-state index is 0.0556. The Morgan fingerprint density at radius 3 is 2.64 bits per heavy atom. The van der Waals surface area contributed by atoms with Gasteiger partial charge in [0.1, 0.15) is 0 Å². The second-order valence-corrected chi connectivity index (χ2v) is 5.79. The van der Waals surface area contributed by atoms with Crippen molar-refractivity contribution < 1.29 is 13.5 Å². The van der Waals surface area contributed by atoms with Crippen LogP contribution >= 0.6 is 0 Å². The largest absolute Gasteiger partial charge is 0.396 e. The third-order valence-corrected chi connectivity index (χ3v) is 4.06. The lowest BCUT2D eigenvalue weighted by atomic mass is 9.93. The summed E-state index contributed by atoms with van der Waals surface area (Å²) in [4.78, 5) is 0. The average Bonchev–Trinajstić information content (AvgIpc) is 2.16. The first kappa shape index (κ1) is 11.9. The number of hydrogen-bond acceptors (Lipinski definition) is 3. The molecular weight excluding hydrogens is 204 g/mol. The summed E-state index contributed by atoms with van der Waals surface area (Å²) in [5.74, 6) is 0.380. The molecule has 0 aromatic heterocycles. The number of nitrogens with one attached hydrogen (secondary N) is 1. The summed E-state index contributed by atoms with van der Waals surface area (Å²) >= 11 is 0. The Kier molecular flexibility index (Phi) is 3.88. The molecule has 0 bridgehead atoms. The van der Waals surface area contributed by atoms with Crippen molar-refractivity contribution in [2.75, 3.05) is 26.7 Å². The van der Waals surface area contributed by atoms with Crippen molar-refractivity contribution in [3.05, 3.63) is 0 Å². The number of piperidine rings is 1. The highest BCUT2D eigenvalue weighted by Gasteiger charge is 2.30. The van der Waals surface area contributed by atoms with Gasteiger partial charge in [0.2, 0.25) is 0 Å². The van der Waals surface area contributed by atoms with Crippen LogP contribution in [0.5, 0.6) is 0 Å². The smallest absolute Gasteiger partial charge is 0.279 e. The summed E-state index contributed by atoms with van der Waals surface area (Å²) in [7, 11) is -1.92. The first-order valence-electron chi connectivity index (χ1n) is 4.79. The van der Waals surface area contributed by atoms with Gasteiger partial charge in [-0.15, -0.1) is 0 Å². The predicted molar refractivity (Wildman–Crippen MR) is 53.9 cm³/mol. The van der Waals surface area contributed by atoms with Gasteiger partial charge in [-0.05, 0) is 18.3 Å². The SMILES string of the molecule is CNS(=O)(=O)N1CC(C)CC(CO)C1. The molecule has 0 spiro atoms. The average molecular weight is 222 g/mol. The maximum absolute atomic E-state index is 11.5. The minimum Gasteiger partial charge on any atom is -0.396 e. The molecule has 5 nitrogen and oxygen atoms in total. The van der Waals surface area contributed by atoms with E-state index in [1.54, 1.807) is 0 Å². The highest BCUT2D eigenvalue weighted by molar-refractivity contribution is 7.87. The normalized spacial score (nSPS) is 30.5. The van der Waals surface area contributed by atoms with Gasteiger partial charge < -0.3 is 5.11 Å². The predicted octanol–water partition coefficient (Wildman–Crippen LogP) is -0.599. The molecule has 2 unspecified atom stereocenters. The maximum atomic E-state index is 11.5. The van der Waals surface area contributed by atoms with Crippen LogP contribution in [0.4, 0.5) is 0 Å². The van der Waals surface area contributed by atoms with Crippen molar-refractivity contribution in [3.63, 3.8) is 0 Å². The van der Waals surface area contributed by atoms with Gasteiger partial charge in [-0.25, -0.2) is 4.72 Å². The Bertz CT molecular complexity index is 278. The molecule has 14 heavy (non-hydrogen) atoms. The second kappa shape index (κ2) is 4.57. The highest BCUT2D eigenvalue weighted by atomic mass is 32.2. The Morgan fingerprint density at radius 1 is 1.50 bits per heavy atom. The zero-order chi connectivity index (χ0) is 10.8. The molecular formula is C8H18N2O3S. The fourth-order valence-corrected chi connectivity index (χ4v) is 3.00. The van der Waals surface area contributed by atoms with Crippen molar-refractivity contribution in [3.8, 4) is 0 Å². The molecule has 6 heteroatoms. The van der Waals surface area contributed by atoms with E-state index in [1.165, 1.54) is 11.4 Å². The number of nitrogens with zero attached hydrogens (tertiary/aromatic N) is 1. The van der Waals surface area contributed by atoms with Gasteiger partial charge in [0.05, 0.1) is 0 Å². The summed E-state index contributed by atoms with van der Waals surface area (Å²) in [6, 6.07) is 0. The molecule has 84 valence electrons. The molecule has 1 fully saturated rings. The molecule has 0 amide bonds. The fraction of sp³-hybridized carbons (Fsp3) is 1.00. The molecule has 0 saturated carbocycles. The quantitative estimate of drug-likeness (QED) is 0.670. The Morgan fingerprint density at radius 2 is 2.14 bits per heavy atom. The van der Waals surface area contributed by atoms with Crippen molar-refractivity contribution >= 4 is 10.2 Å². The first-order chi connectivity index (χ1) is 6.49. The van der Waals surface area contributed by atoms with E-state index in [0.717, 1.165) is 6.42 Å². The van der Waals surface area contributed by atoms with Crippen LogP contribution in [0.3, 0.4) is 0 Å². The summed E-state index contributed by atoms with van der Waals surface area (Å²) in [5, 5.41) is 9.02. The lowest BCUT2D eigenvalue weighted by Crippen LogP contribution is -2.48. The Balaban J connectivity index is 2.71. The van der Waals surface area contributed by atoms with Gasteiger partial charge >= 0.3 is 0 Å². The maximum Gasteiger partial charge on any atom is 0.279 e. The summed E-state index contributed by atoms with van der Waals surface area (Å²) in [6.07, 6.45) is 0.895. The monoisotopic (exact) mass is 222 g/mol. The fourth-order valence-electron chi connectivity index (χ4n) is 1.89. The van der Waals surface area contributed by atoms with E-state index >= 15 is 0 Å². The van der Waals surface area contributed by atoms with Gasteiger partial charge in [0.25, 0.3) is 10.2 Å². The van der Waals surface area contributed by atoms with E-state index in [1.807, 2.05) is 6.92 Å². The van der Waals surface area contributed by atoms with Crippen molar-refractivity contribution in [1.29, 1.82) is 0 Å². The van der Waals surface area contributed by atoms with Crippen LogP contribution < -0.4 is 4.72 Å². The molecule has 1 aliphatic rings. The van der Waals surface area contributed by atoms with Crippen LogP contribution in [-0.2, 0) is 10.2 Å². The number of aliphatic hydroxyl groups excluding tert-OH is 1. The molecule has 0 aliphatic carbocycles. The van der Waals surface area contributed by atoms with E-state index in [2.05, 4.69) is 4.72 Å². The summed E-state index contributed by atoms with van der Waals surface area (Å²) in [6.45, 7) is 3.02. The number of rotatable bonds is 3. The van der Waals surface area contributed by atoms with Crippen LogP contribution in [0.25, 0.3) is 0 Å². The van der Waals surface area contributed by atoms with Crippen LogP contribution in [0.15, 0.2) is 0 Å².